The maximum Gasteiger partial charge on any atom is 0.303 e. The summed E-state index contributed by atoms with van der Waals surface area (Å²) in [5, 5.41) is 8.87. The lowest BCUT2D eigenvalue weighted by molar-refractivity contribution is -0.138. The Labute approximate surface area is 97.8 Å². The van der Waals surface area contributed by atoms with Crippen LogP contribution in [0.25, 0.3) is 0 Å². The molecule has 1 N–H and O–H groups in total. The number of carbonyl (C=O) groups is 1. The third-order valence-corrected chi connectivity index (χ3v) is 4.45. The molecule has 0 aromatic rings. The van der Waals surface area contributed by atoms with Gasteiger partial charge in [-0.25, -0.2) is 0 Å². The lowest BCUT2D eigenvalue weighted by Crippen LogP contribution is -2.47. The second-order valence-corrected chi connectivity index (χ2v) is 5.52. The molecule has 2 rings (SSSR count). The third-order valence-electron chi connectivity index (χ3n) is 4.45. The summed E-state index contributed by atoms with van der Waals surface area (Å²) < 4.78 is 0. The molecule has 3 atom stereocenters. The molecule has 0 aromatic carbocycles. The molecular formula is C13H23NO2. The second kappa shape index (κ2) is 4.74. The molecule has 2 aliphatic rings. The molecule has 2 saturated heterocycles. The zero-order chi connectivity index (χ0) is 11.7. The number of carboxylic acid groups (broad SMARTS) is 1. The molecule has 92 valence electrons. The smallest absolute Gasteiger partial charge is 0.303 e. The monoisotopic (exact) mass is 225 g/mol. The van der Waals surface area contributed by atoms with Gasteiger partial charge in [0.05, 0.1) is 0 Å². The number of piperidine rings is 1. The summed E-state index contributed by atoms with van der Waals surface area (Å²) in [6.45, 7) is 4.55. The average molecular weight is 225 g/mol. The van der Waals surface area contributed by atoms with Crippen molar-refractivity contribution in [3.63, 3.8) is 0 Å². The summed E-state index contributed by atoms with van der Waals surface area (Å²) in [6.07, 6.45) is 6.36. The molecule has 0 spiro atoms. The van der Waals surface area contributed by atoms with Gasteiger partial charge in [0, 0.05) is 24.5 Å². The lowest BCUT2D eigenvalue weighted by Gasteiger charge is -2.42. The van der Waals surface area contributed by atoms with E-state index in [2.05, 4.69) is 18.7 Å². The number of carboxylic acids is 1. The van der Waals surface area contributed by atoms with E-state index in [1.807, 2.05) is 0 Å². The Hall–Kier alpha value is -0.570. The largest absolute Gasteiger partial charge is 0.481 e. The van der Waals surface area contributed by atoms with E-state index in [-0.39, 0.29) is 0 Å². The molecule has 3 unspecified atom stereocenters. The summed E-state index contributed by atoms with van der Waals surface area (Å²) in [5.74, 6) is -0.198. The Morgan fingerprint density at radius 2 is 1.94 bits per heavy atom. The Morgan fingerprint density at radius 3 is 2.38 bits per heavy atom. The van der Waals surface area contributed by atoms with E-state index in [1.165, 1.54) is 19.3 Å². The normalized spacial score (nSPS) is 36.2. The molecule has 0 amide bonds. The summed E-state index contributed by atoms with van der Waals surface area (Å²) in [7, 11) is 0. The van der Waals surface area contributed by atoms with Gasteiger partial charge in [0.2, 0.25) is 0 Å². The van der Waals surface area contributed by atoms with Crippen molar-refractivity contribution in [2.24, 2.45) is 5.92 Å². The molecule has 0 aromatic heterocycles. The van der Waals surface area contributed by atoms with Crippen LogP contribution >= 0.6 is 0 Å². The molecule has 0 radical (unpaired) electrons. The second-order valence-electron chi connectivity index (χ2n) is 5.52. The van der Waals surface area contributed by atoms with Crippen LogP contribution < -0.4 is 0 Å². The molecule has 16 heavy (non-hydrogen) atoms. The van der Waals surface area contributed by atoms with Crippen LogP contribution in [0.4, 0.5) is 0 Å². The summed E-state index contributed by atoms with van der Waals surface area (Å²) in [4.78, 5) is 13.4. The number of fused-ring (bicyclic) bond motifs is 2. The number of aliphatic carboxylic acids is 1. The van der Waals surface area contributed by atoms with E-state index in [4.69, 9.17) is 5.11 Å². The van der Waals surface area contributed by atoms with Crippen molar-refractivity contribution in [3.05, 3.63) is 0 Å². The highest BCUT2D eigenvalue weighted by Gasteiger charge is 2.42. The van der Waals surface area contributed by atoms with E-state index >= 15 is 0 Å². The summed E-state index contributed by atoms with van der Waals surface area (Å²) in [5.41, 5.74) is 0. The minimum absolute atomic E-state index is 0.376. The van der Waals surface area contributed by atoms with Crippen LogP contribution in [0.5, 0.6) is 0 Å². The zero-order valence-electron chi connectivity index (χ0n) is 10.4. The molecule has 2 aliphatic heterocycles. The Morgan fingerprint density at radius 1 is 1.38 bits per heavy atom. The molecule has 0 saturated carbocycles. The first-order valence-corrected chi connectivity index (χ1v) is 6.61. The van der Waals surface area contributed by atoms with Gasteiger partial charge in [-0.3, -0.25) is 9.69 Å². The van der Waals surface area contributed by atoms with Gasteiger partial charge >= 0.3 is 5.97 Å². The first-order valence-electron chi connectivity index (χ1n) is 6.61. The van der Waals surface area contributed by atoms with Crippen LogP contribution in [0.2, 0.25) is 0 Å². The van der Waals surface area contributed by atoms with Gasteiger partial charge in [-0.1, -0.05) is 6.92 Å². The van der Waals surface area contributed by atoms with Gasteiger partial charge in [-0.05, 0) is 44.9 Å². The van der Waals surface area contributed by atoms with E-state index in [9.17, 15) is 4.79 Å². The van der Waals surface area contributed by atoms with Crippen molar-refractivity contribution in [3.8, 4) is 0 Å². The van der Waals surface area contributed by atoms with Crippen molar-refractivity contribution in [1.82, 2.24) is 4.90 Å². The average Bonchev–Trinajstić information content (AvgIpc) is 2.49. The summed E-state index contributed by atoms with van der Waals surface area (Å²) in [6, 6.07) is 2.00. The Bertz CT molecular complexity index is 253. The fraction of sp³-hybridized carbons (Fsp3) is 0.923. The molecule has 0 aliphatic carbocycles. The van der Waals surface area contributed by atoms with Crippen LogP contribution in [0.1, 0.15) is 52.4 Å². The molecule has 2 fully saturated rings. The fourth-order valence-corrected chi connectivity index (χ4v) is 3.67. The van der Waals surface area contributed by atoms with Crippen LogP contribution in [-0.4, -0.2) is 34.1 Å². The third kappa shape index (κ3) is 2.24. The van der Waals surface area contributed by atoms with Gasteiger partial charge in [-0.2, -0.15) is 0 Å². The SMILES string of the molecule is CCC(C)N1C2CCC1CC(CC(=O)O)C2. The standard InChI is InChI=1S/C13H23NO2/c1-3-9(2)14-11-4-5-12(14)7-10(6-11)8-13(15)16/h9-12H,3-8H2,1-2H3,(H,15,16). The number of hydrogen-bond donors (Lipinski definition) is 1. The van der Waals surface area contributed by atoms with Crippen molar-refractivity contribution in [2.75, 3.05) is 0 Å². The van der Waals surface area contributed by atoms with Crippen LogP contribution in [0.3, 0.4) is 0 Å². The molecule has 3 nitrogen and oxygen atoms in total. The van der Waals surface area contributed by atoms with E-state index < -0.39 is 5.97 Å². The van der Waals surface area contributed by atoms with E-state index in [0.717, 1.165) is 12.8 Å². The van der Waals surface area contributed by atoms with Crippen LogP contribution in [0.15, 0.2) is 0 Å². The fourth-order valence-electron chi connectivity index (χ4n) is 3.67. The predicted molar refractivity (Wildman–Crippen MR) is 63.4 cm³/mol. The highest BCUT2D eigenvalue weighted by molar-refractivity contribution is 5.67. The van der Waals surface area contributed by atoms with E-state index in [1.54, 1.807) is 0 Å². The quantitative estimate of drug-likeness (QED) is 0.799. The topological polar surface area (TPSA) is 40.5 Å². The Kier molecular flexibility index (Phi) is 3.53. The van der Waals surface area contributed by atoms with E-state index in [0.29, 0.717) is 30.5 Å². The van der Waals surface area contributed by atoms with Crippen molar-refractivity contribution in [2.45, 2.75) is 70.5 Å². The Balaban J connectivity index is 1.98. The zero-order valence-corrected chi connectivity index (χ0v) is 10.4. The number of rotatable bonds is 4. The van der Waals surface area contributed by atoms with Crippen LogP contribution in [-0.2, 0) is 4.79 Å². The maximum atomic E-state index is 10.8. The molecule has 3 heteroatoms. The lowest BCUT2D eigenvalue weighted by atomic mass is 9.87. The molecular weight excluding hydrogens is 202 g/mol. The first-order chi connectivity index (χ1) is 7.61. The predicted octanol–water partition coefficient (Wildman–Crippen LogP) is 2.50. The van der Waals surface area contributed by atoms with Crippen molar-refractivity contribution < 1.29 is 9.90 Å². The highest BCUT2D eigenvalue weighted by atomic mass is 16.4. The van der Waals surface area contributed by atoms with Crippen molar-refractivity contribution >= 4 is 5.97 Å². The minimum atomic E-state index is -0.624. The summed E-state index contributed by atoms with van der Waals surface area (Å²) >= 11 is 0. The van der Waals surface area contributed by atoms with Gasteiger partial charge in [-0.15, -0.1) is 0 Å². The first kappa shape index (κ1) is 11.9. The van der Waals surface area contributed by atoms with Crippen molar-refractivity contribution in [1.29, 1.82) is 0 Å². The highest BCUT2D eigenvalue weighted by Crippen LogP contribution is 2.41. The molecule has 2 bridgehead atoms. The minimum Gasteiger partial charge on any atom is -0.481 e. The maximum absolute atomic E-state index is 10.8. The van der Waals surface area contributed by atoms with Gasteiger partial charge in [0.25, 0.3) is 0 Å². The van der Waals surface area contributed by atoms with Gasteiger partial charge in [0.1, 0.15) is 0 Å². The number of hydrogen-bond acceptors (Lipinski definition) is 2. The molecule has 2 heterocycles. The van der Waals surface area contributed by atoms with Gasteiger partial charge in [0.15, 0.2) is 0 Å². The van der Waals surface area contributed by atoms with Crippen LogP contribution in [0, 0.1) is 5.92 Å². The number of nitrogens with zero attached hydrogens (tertiary/aromatic N) is 1. The van der Waals surface area contributed by atoms with Gasteiger partial charge < -0.3 is 5.11 Å².